The van der Waals surface area contributed by atoms with E-state index < -0.39 is 11.4 Å². The second-order valence-corrected chi connectivity index (χ2v) is 6.80. The average Bonchev–Trinajstić information content (AvgIpc) is 3.04. The van der Waals surface area contributed by atoms with Crippen LogP contribution in [0.5, 0.6) is 0 Å². The number of carbonyl (C=O) groups excluding carboxylic acids is 1. The van der Waals surface area contributed by atoms with Gasteiger partial charge in [0.15, 0.2) is 0 Å². The number of hydrogen-bond acceptors (Lipinski definition) is 5. The zero-order chi connectivity index (χ0) is 17.2. The summed E-state index contributed by atoms with van der Waals surface area (Å²) in [5.74, 6) is -0.410. The third-order valence-electron chi connectivity index (χ3n) is 4.86. The van der Waals surface area contributed by atoms with Crippen molar-refractivity contribution in [1.82, 2.24) is 9.38 Å². The van der Waals surface area contributed by atoms with Crippen molar-refractivity contribution in [3.8, 4) is 0 Å². The summed E-state index contributed by atoms with van der Waals surface area (Å²) >= 11 is 5.41. The quantitative estimate of drug-likeness (QED) is 0.630. The molecule has 6 nitrogen and oxygen atoms in total. The summed E-state index contributed by atoms with van der Waals surface area (Å²) in [7, 11) is 0. The van der Waals surface area contributed by atoms with Crippen LogP contribution in [0.4, 0.5) is 0 Å². The molecule has 0 spiro atoms. The molecule has 3 rings (SSSR count). The second kappa shape index (κ2) is 6.86. The molecular formula is C17H22N4O2S. The summed E-state index contributed by atoms with van der Waals surface area (Å²) in [6, 6.07) is 3.99. The minimum absolute atomic E-state index is 0.134. The van der Waals surface area contributed by atoms with Crippen LogP contribution in [0.2, 0.25) is 0 Å². The second-order valence-electron chi connectivity index (χ2n) is 6.36. The molecule has 1 fully saturated rings. The van der Waals surface area contributed by atoms with Gasteiger partial charge in [-0.25, -0.2) is 4.98 Å². The van der Waals surface area contributed by atoms with Crippen molar-refractivity contribution in [3.05, 3.63) is 36.3 Å². The van der Waals surface area contributed by atoms with Crippen LogP contribution in [-0.4, -0.2) is 33.0 Å². The van der Waals surface area contributed by atoms with E-state index in [4.69, 9.17) is 28.4 Å². The highest BCUT2D eigenvalue weighted by atomic mass is 32.1. The molecule has 0 radical (unpaired) electrons. The normalized spacial score (nSPS) is 24.0. The summed E-state index contributed by atoms with van der Waals surface area (Å²) in [6.45, 7) is -0.134. The summed E-state index contributed by atoms with van der Waals surface area (Å²) < 4.78 is 7.58. The van der Waals surface area contributed by atoms with E-state index >= 15 is 0 Å². The fourth-order valence-corrected chi connectivity index (χ4v) is 3.90. The van der Waals surface area contributed by atoms with E-state index in [-0.39, 0.29) is 12.6 Å². The van der Waals surface area contributed by atoms with Gasteiger partial charge in [-0.15, -0.1) is 0 Å². The Kier molecular flexibility index (Phi) is 4.82. The molecule has 0 aromatic carbocycles. The Labute approximate surface area is 146 Å². The van der Waals surface area contributed by atoms with Gasteiger partial charge in [-0.3, -0.25) is 4.79 Å². The van der Waals surface area contributed by atoms with Gasteiger partial charge in [-0.1, -0.05) is 24.7 Å². The molecule has 2 aromatic rings. The fourth-order valence-electron chi connectivity index (χ4n) is 3.59. The lowest BCUT2D eigenvalue weighted by atomic mass is 9.68. The maximum absolute atomic E-state index is 11.7. The summed E-state index contributed by atoms with van der Waals surface area (Å²) in [6.07, 6.45) is 9.59. The van der Waals surface area contributed by atoms with E-state index in [0.717, 1.165) is 36.9 Å². The summed E-state index contributed by atoms with van der Waals surface area (Å²) in [5.41, 5.74) is 13.0. The third kappa shape index (κ3) is 3.14. The van der Waals surface area contributed by atoms with Gasteiger partial charge < -0.3 is 20.6 Å². The molecule has 1 aliphatic rings. The minimum Gasteiger partial charge on any atom is -0.460 e. The van der Waals surface area contributed by atoms with Crippen molar-refractivity contribution < 1.29 is 9.53 Å². The molecule has 4 N–H and O–H groups in total. The number of aromatic nitrogens is 2. The van der Waals surface area contributed by atoms with E-state index in [2.05, 4.69) is 4.98 Å². The Morgan fingerprint density at radius 3 is 3.04 bits per heavy atom. The smallest absolute Gasteiger partial charge is 0.320 e. The molecule has 2 heterocycles. The first-order valence-electron chi connectivity index (χ1n) is 8.16. The largest absolute Gasteiger partial charge is 0.460 e. The Morgan fingerprint density at radius 1 is 1.46 bits per heavy atom. The van der Waals surface area contributed by atoms with E-state index in [1.54, 1.807) is 6.20 Å². The molecule has 0 amide bonds. The number of carbonyl (C=O) groups is 1. The monoisotopic (exact) mass is 346 g/mol. The van der Waals surface area contributed by atoms with Crippen LogP contribution in [-0.2, 0) is 16.0 Å². The topological polar surface area (TPSA) is 95.6 Å². The molecule has 2 aromatic heterocycles. The Bertz CT molecular complexity index is 760. The van der Waals surface area contributed by atoms with E-state index in [0.29, 0.717) is 11.4 Å². The molecule has 24 heavy (non-hydrogen) atoms. The van der Waals surface area contributed by atoms with Crippen molar-refractivity contribution >= 4 is 28.8 Å². The standard InChI is InChI=1S/C17H22N4O2S/c18-10-15(22)23-13-3-1-2-6-17(13,16(19)24)9-12-4-5-14-20-7-8-21(14)11-12/h4-5,7-8,11,13H,1-3,6,9-10,18H2,(H2,19,24). The maximum atomic E-state index is 11.7. The minimum atomic E-state index is -0.521. The number of imidazole rings is 1. The van der Waals surface area contributed by atoms with Gasteiger partial charge in [0, 0.05) is 18.6 Å². The number of hydrogen-bond donors (Lipinski definition) is 2. The lowest BCUT2D eigenvalue weighted by molar-refractivity contribution is -0.154. The number of pyridine rings is 1. The maximum Gasteiger partial charge on any atom is 0.320 e. The third-order valence-corrected chi connectivity index (χ3v) is 5.26. The first-order chi connectivity index (χ1) is 11.5. The predicted molar refractivity (Wildman–Crippen MR) is 95.5 cm³/mol. The van der Waals surface area contributed by atoms with Crippen LogP contribution in [0, 0.1) is 5.41 Å². The van der Waals surface area contributed by atoms with Gasteiger partial charge in [0.1, 0.15) is 11.8 Å². The van der Waals surface area contributed by atoms with Gasteiger partial charge in [0.2, 0.25) is 0 Å². The number of ether oxygens (including phenoxy) is 1. The van der Waals surface area contributed by atoms with Crippen molar-refractivity contribution in [3.63, 3.8) is 0 Å². The van der Waals surface area contributed by atoms with Crippen LogP contribution in [0.3, 0.4) is 0 Å². The highest BCUT2D eigenvalue weighted by molar-refractivity contribution is 7.80. The lowest BCUT2D eigenvalue weighted by Gasteiger charge is -2.42. The SMILES string of the molecule is NCC(=O)OC1CCCCC1(Cc1ccc2nccn2c1)C(N)=S. The van der Waals surface area contributed by atoms with Gasteiger partial charge in [0.25, 0.3) is 0 Å². The van der Waals surface area contributed by atoms with E-state index in [1.807, 2.05) is 28.9 Å². The molecular weight excluding hydrogens is 324 g/mol. The Hall–Kier alpha value is -1.99. The Morgan fingerprint density at radius 2 is 2.29 bits per heavy atom. The molecule has 2 atom stereocenters. The van der Waals surface area contributed by atoms with E-state index in [9.17, 15) is 4.79 Å². The van der Waals surface area contributed by atoms with Gasteiger partial charge in [-0.2, -0.15) is 0 Å². The zero-order valence-electron chi connectivity index (χ0n) is 13.5. The van der Waals surface area contributed by atoms with Crippen LogP contribution in [0.15, 0.2) is 30.7 Å². The number of nitrogens with two attached hydrogens (primary N) is 2. The number of fused-ring (bicyclic) bond motifs is 1. The number of rotatable bonds is 5. The van der Waals surface area contributed by atoms with Gasteiger partial charge in [0.05, 0.1) is 16.9 Å². The van der Waals surface area contributed by atoms with Gasteiger partial charge in [-0.05, 0) is 37.3 Å². The zero-order valence-corrected chi connectivity index (χ0v) is 14.3. The number of nitrogens with zero attached hydrogens (tertiary/aromatic N) is 2. The van der Waals surface area contributed by atoms with Crippen molar-refractivity contribution in [2.45, 2.75) is 38.2 Å². The lowest BCUT2D eigenvalue weighted by Crippen LogP contribution is -2.51. The molecule has 0 saturated heterocycles. The average molecular weight is 346 g/mol. The highest BCUT2D eigenvalue weighted by Crippen LogP contribution is 2.41. The van der Waals surface area contributed by atoms with Crippen LogP contribution in [0.1, 0.15) is 31.2 Å². The molecule has 1 aliphatic carbocycles. The Balaban J connectivity index is 1.92. The molecule has 1 saturated carbocycles. The molecule has 2 unspecified atom stereocenters. The van der Waals surface area contributed by atoms with E-state index in [1.165, 1.54) is 0 Å². The van der Waals surface area contributed by atoms with Gasteiger partial charge >= 0.3 is 5.97 Å². The number of esters is 1. The van der Waals surface area contributed by atoms with Crippen LogP contribution >= 0.6 is 12.2 Å². The molecule has 128 valence electrons. The van der Waals surface area contributed by atoms with Crippen molar-refractivity contribution in [2.24, 2.45) is 16.9 Å². The van der Waals surface area contributed by atoms with Crippen LogP contribution < -0.4 is 11.5 Å². The van der Waals surface area contributed by atoms with Crippen molar-refractivity contribution in [2.75, 3.05) is 6.54 Å². The predicted octanol–water partition coefficient (Wildman–Crippen LogP) is 1.59. The first kappa shape index (κ1) is 16.9. The summed E-state index contributed by atoms with van der Waals surface area (Å²) in [5, 5.41) is 0. The fraction of sp³-hybridized carbons (Fsp3) is 0.471. The van der Waals surface area contributed by atoms with Crippen LogP contribution in [0.25, 0.3) is 5.65 Å². The molecule has 0 bridgehead atoms. The number of thiocarbonyl (C=S) groups is 1. The molecule has 7 heteroatoms. The first-order valence-corrected chi connectivity index (χ1v) is 8.57. The van der Waals surface area contributed by atoms with Crippen molar-refractivity contribution in [1.29, 1.82) is 0 Å². The summed E-state index contributed by atoms with van der Waals surface area (Å²) in [4.78, 5) is 16.4. The molecule has 0 aliphatic heterocycles. The highest BCUT2D eigenvalue weighted by Gasteiger charge is 2.45.